The second kappa shape index (κ2) is 4.99. The maximum atomic E-state index is 13.0. The monoisotopic (exact) mass is 313 g/mol. The molecule has 0 spiro atoms. The van der Waals surface area contributed by atoms with Crippen molar-refractivity contribution in [2.45, 2.75) is 6.42 Å². The molecule has 2 aliphatic rings. The third-order valence-electron chi connectivity index (χ3n) is 4.68. The van der Waals surface area contributed by atoms with Gasteiger partial charge in [-0.25, -0.2) is 4.98 Å². The van der Waals surface area contributed by atoms with Gasteiger partial charge in [-0.05, 0) is 12.5 Å². The van der Waals surface area contributed by atoms with E-state index in [1.165, 1.54) is 0 Å². The maximum absolute atomic E-state index is 13.0. The molecule has 2 aliphatic heterocycles. The normalized spacial score (nSPS) is 16.1. The van der Waals surface area contributed by atoms with Gasteiger partial charge in [0, 0.05) is 24.0 Å². The highest BCUT2D eigenvalue weighted by Crippen LogP contribution is 2.37. The van der Waals surface area contributed by atoms with Crippen LogP contribution < -0.4 is 0 Å². The first-order chi connectivity index (χ1) is 11.8. The smallest absolute Gasteiger partial charge is 0.260 e. The Kier molecular flexibility index (Phi) is 2.80. The summed E-state index contributed by atoms with van der Waals surface area (Å²) in [5.74, 6) is 0.845. The van der Waals surface area contributed by atoms with Crippen LogP contribution in [0.3, 0.4) is 0 Å². The van der Waals surface area contributed by atoms with Gasteiger partial charge in [-0.2, -0.15) is 0 Å². The molecule has 0 radical (unpaired) electrons. The van der Waals surface area contributed by atoms with Gasteiger partial charge >= 0.3 is 0 Å². The van der Waals surface area contributed by atoms with E-state index in [1.54, 1.807) is 0 Å². The Labute approximate surface area is 139 Å². The van der Waals surface area contributed by atoms with Crippen molar-refractivity contribution >= 4 is 22.6 Å². The summed E-state index contributed by atoms with van der Waals surface area (Å²) in [6.07, 6.45) is 0.912. The molecule has 24 heavy (non-hydrogen) atoms. The summed E-state index contributed by atoms with van der Waals surface area (Å²) in [6.45, 7) is 1.49. The lowest BCUT2D eigenvalue weighted by atomic mass is 9.98. The van der Waals surface area contributed by atoms with Gasteiger partial charge in [-0.15, -0.1) is 0 Å². The number of aromatic nitrogens is 1. The summed E-state index contributed by atoms with van der Waals surface area (Å²) >= 11 is 0. The van der Waals surface area contributed by atoms with Crippen LogP contribution >= 0.6 is 0 Å². The topological polar surface area (TPSA) is 45.6 Å². The van der Waals surface area contributed by atoms with Crippen molar-refractivity contribution in [1.29, 1.82) is 0 Å². The van der Waals surface area contributed by atoms with Crippen LogP contribution in [0.2, 0.25) is 0 Å². The summed E-state index contributed by atoms with van der Waals surface area (Å²) in [6, 6.07) is 17.9. The minimum atomic E-state index is 0.0548. The molecule has 1 aromatic heterocycles. The van der Waals surface area contributed by atoms with E-state index < -0.39 is 0 Å². The van der Waals surface area contributed by atoms with Gasteiger partial charge in [0.1, 0.15) is 5.84 Å². The first-order valence-electron chi connectivity index (χ1n) is 8.19. The second-order valence-electron chi connectivity index (χ2n) is 6.11. The highest BCUT2D eigenvalue weighted by molar-refractivity contribution is 6.29. The summed E-state index contributed by atoms with van der Waals surface area (Å²) < 4.78 is 0. The number of carbonyl (C=O) groups is 1. The third-order valence-corrected chi connectivity index (χ3v) is 4.68. The van der Waals surface area contributed by atoms with Crippen LogP contribution in [0.25, 0.3) is 22.2 Å². The number of hydrogen-bond acceptors (Lipinski definition) is 3. The molecule has 116 valence electrons. The lowest BCUT2D eigenvalue weighted by Crippen LogP contribution is -2.34. The van der Waals surface area contributed by atoms with E-state index in [2.05, 4.69) is 4.99 Å². The molecule has 4 heteroatoms. The standard InChI is InChI=1S/C20H15N3O/c24-20-16-14-9-4-5-10-15(14)22-18(13-7-2-1-3-8-13)17(16)19-21-11-6-12-23(19)20/h1-5,7-10H,6,11-12H2. The molecule has 0 aliphatic carbocycles. The Morgan fingerprint density at radius 2 is 1.71 bits per heavy atom. The van der Waals surface area contributed by atoms with Crippen molar-refractivity contribution < 1.29 is 4.79 Å². The molecule has 0 bridgehead atoms. The van der Waals surface area contributed by atoms with E-state index in [4.69, 9.17) is 4.98 Å². The van der Waals surface area contributed by atoms with Crippen LogP contribution in [0.4, 0.5) is 0 Å². The highest BCUT2D eigenvalue weighted by atomic mass is 16.2. The Morgan fingerprint density at radius 1 is 0.917 bits per heavy atom. The molecule has 0 atom stereocenters. The van der Waals surface area contributed by atoms with Crippen molar-refractivity contribution in [2.24, 2.45) is 4.99 Å². The van der Waals surface area contributed by atoms with Gasteiger partial charge in [0.15, 0.2) is 0 Å². The summed E-state index contributed by atoms with van der Waals surface area (Å²) in [7, 11) is 0. The molecule has 1 amide bonds. The first kappa shape index (κ1) is 13.4. The number of benzene rings is 2. The number of hydrogen-bond donors (Lipinski definition) is 0. The van der Waals surface area contributed by atoms with E-state index >= 15 is 0 Å². The number of para-hydroxylation sites is 1. The fourth-order valence-corrected chi connectivity index (χ4v) is 3.61. The largest absolute Gasteiger partial charge is 0.292 e. The van der Waals surface area contributed by atoms with E-state index in [9.17, 15) is 4.79 Å². The zero-order valence-corrected chi connectivity index (χ0v) is 13.1. The highest BCUT2D eigenvalue weighted by Gasteiger charge is 2.39. The zero-order valence-electron chi connectivity index (χ0n) is 13.1. The van der Waals surface area contributed by atoms with Crippen molar-refractivity contribution in [3.63, 3.8) is 0 Å². The van der Waals surface area contributed by atoms with E-state index in [-0.39, 0.29) is 5.91 Å². The van der Waals surface area contributed by atoms with Crippen molar-refractivity contribution in [3.8, 4) is 11.3 Å². The molecule has 3 aromatic rings. The average Bonchev–Trinajstić information content (AvgIpc) is 2.96. The molecule has 5 rings (SSSR count). The first-order valence-corrected chi connectivity index (χ1v) is 8.19. The predicted octanol–water partition coefficient (Wildman–Crippen LogP) is 3.51. The molecule has 0 fully saturated rings. The van der Waals surface area contributed by atoms with E-state index in [0.717, 1.165) is 58.6 Å². The fourth-order valence-electron chi connectivity index (χ4n) is 3.61. The number of pyridine rings is 1. The average molecular weight is 313 g/mol. The lowest BCUT2D eigenvalue weighted by molar-refractivity contribution is 0.0857. The van der Waals surface area contributed by atoms with Crippen molar-refractivity contribution in [2.75, 3.05) is 13.1 Å². The number of aliphatic imine (C=N–C) groups is 1. The lowest BCUT2D eigenvalue weighted by Gasteiger charge is -2.21. The predicted molar refractivity (Wildman–Crippen MR) is 94.2 cm³/mol. The number of rotatable bonds is 1. The summed E-state index contributed by atoms with van der Waals surface area (Å²) in [5.41, 5.74) is 4.36. The summed E-state index contributed by atoms with van der Waals surface area (Å²) in [5, 5.41) is 0.911. The molecular formula is C20H15N3O. The molecule has 2 aromatic carbocycles. The number of amidine groups is 1. The van der Waals surface area contributed by atoms with Crippen LogP contribution in [0.5, 0.6) is 0 Å². The Hall–Kier alpha value is -3.01. The van der Waals surface area contributed by atoms with E-state index in [1.807, 2.05) is 59.5 Å². The Bertz CT molecular complexity index is 1010. The van der Waals surface area contributed by atoms with Crippen LogP contribution in [0.15, 0.2) is 59.6 Å². The van der Waals surface area contributed by atoms with Crippen LogP contribution in [0, 0.1) is 0 Å². The van der Waals surface area contributed by atoms with Gasteiger partial charge < -0.3 is 0 Å². The second-order valence-corrected chi connectivity index (χ2v) is 6.11. The van der Waals surface area contributed by atoms with Gasteiger partial charge in [0.05, 0.1) is 22.3 Å². The zero-order chi connectivity index (χ0) is 16.1. The Balaban J connectivity index is 1.92. The van der Waals surface area contributed by atoms with Gasteiger partial charge in [0.25, 0.3) is 5.91 Å². The van der Waals surface area contributed by atoms with E-state index in [0.29, 0.717) is 0 Å². The van der Waals surface area contributed by atoms with Gasteiger partial charge in [0.2, 0.25) is 0 Å². The van der Waals surface area contributed by atoms with Crippen LogP contribution in [0.1, 0.15) is 22.3 Å². The van der Waals surface area contributed by atoms with Crippen LogP contribution in [-0.2, 0) is 0 Å². The molecule has 3 heterocycles. The van der Waals surface area contributed by atoms with Crippen molar-refractivity contribution in [3.05, 3.63) is 65.7 Å². The number of amides is 1. The third kappa shape index (κ3) is 1.77. The van der Waals surface area contributed by atoms with Crippen LogP contribution in [-0.4, -0.2) is 34.7 Å². The molecule has 0 unspecified atom stereocenters. The van der Waals surface area contributed by atoms with Gasteiger partial charge in [-0.3, -0.25) is 14.7 Å². The minimum Gasteiger partial charge on any atom is -0.292 e. The molecule has 0 saturated heterocycles. The fraction of sp³-hybridized carbons (Fsp3) is 0.150. The SMILES string of the molecule is O=C1c2c(c(-c3ccccc3)nc3ccccc23)C2=NCCCN12. The van der Waals surface area contributed by atoms with Crippen molar-refractivity contribution in [1.82, 2.24) is 9.88 Å². The number of fused-ring (bicyclic) bond motifs is 5. The molecule has 0 saturated carbocycles. The maximum Gasteiger partial charge on any atom is 0.260 e. The number of nitrogens with zero attached hydrogens (tertiary/aromatic N) is 3. The summed E-state index contributed by atoms with van der Waals surface area (Å²) in [4.78, 5) is 24.4. The quantitative estimate of drug-likeness (QED) is 0.690. The number of carbonyl (C=O) groups excluding carboxylic acids is 1. The molecular weight excluding hydrogens is 298 g/mol. The minimum absolute atomic E-state index is 0.0548. The molecule has 0 N–H and O–H groups in total. The molecule has 4 nitrogen and oxygen atoms in total. The Morgan fingerprint density at radius 3 is 2.58 bits per heavy atom. The van der Waals surface area contributed by atoms with Gasteiger partial charge in [-0.1, -0.05) is 48.5 Å².